The number of nitrogens with zero attached hydrogens (tertiary/aromatic N) is 5. The molecule has 1 aromatic heterocycles. The van der Waals surface area contributed by atoms with Gasteiger partial charge in [0.05, 0.1) is 6.54 Å². The number of carbonyl (C=O) groups excluding carboxylic acids is 2. The summed E-state index contributed by atoms with van der Waals surface area (Å²) in [6.45, 7) is 7.78. The fourth-order valence-electron chi connectivity index (χ4n) is 3.98. The summed E-state index contributed by atoms with van der Waals surface area (Å²) in [5.74, 6) is 1.17. The van der Waals surface area contributed by atoms with Crippen LogP contribution in [0.3, 0.4) is 0 Å². The number of anilines is 2. The SMILES string of the molecule is CSc1ncc2c(n1)N(C)CCN(c1cccc(OC3CCN(C(=O)OC(C)(C)C)C3)c1)C2=O. The molecule has 2 aromatic rings. The number of likely N-dealkylation sites (N-methyl/N-ethyl adjacent to an activating group) is 1. The molecule has 4 rings (SSSR count). The predicted molar refractivity (Wildman–Crippen MR) is 132 cm³/mol. The Balaban J connectivity index is 1.47. The molecule has 3 heterocycles. The van der Waals surface area contributed by atoms with Crippen LogP contribution in [0.5, 0.6) is 5.75 Å². The minimum Gasteiger partial charge on any atom is -0.488 e. The lowest BCUT2D eigenvalue weighted by Gasteiger charge is -2.24. The number of benzene rings is 1. The summed E-state index contributed by atoms with van der Waals surface area (Å²) in [6, 6.07) is 7.52. The van der Waals surface area contributed by atoms with Crippen LogP contribution in [0.25, 0.3) is 0 Å². The van der Waals surface area contributed by atoms with Crippen LogP contribution in [-0.2, 0) is 4.74 Å². The molecule has 1 unspecified atom stereocenters. The molecule has 1 atom stereocenters. The predicted octanol–water partition coefficient (Wildman–Crippen LogP) is 3.68. The molecule has 9 nitrogen and oxygen atoms in total. The average Bonchev–Trinajstić information content (AvgIpc) is 3.21. The van der Waals surface area contributed by atoms with Crippen molar-refractivity contribution in [1.82, 2.24) is 14.9 Å². The number of hydrogen-bond acceptors (Lipinski definition) is 8. The maximum Gasteiger partial charge on any atom is 0.410 e. The van der Waals surface area contributed by atoms with Crippen LogP contribution in [0.4, 0.5) is 16.3 Å². The molecule has 0 aliphatic carbocycles. The van der Waals surface area contributed by atoms with E-state index in [1.54, 1.807) is 16.0 Å². The highest BCUT2D eigenvalue weighted by molar-refractivity contribution is 7.98. The van der Waals surface area contributed by atoms with Crippen molar-refractivity contribution in [2.24, 2.45) is 0 Å². The first-order valence-corrected chi connectivity index (χ1v) is 12.6. The summed E-state index contributed by atoms with van der Waals surface area (Å²) in [5, 5.41) is 0.638. The monoisotopic (exact) mass is 485 g/mol. The second-order valence-electron chi connectivity index (χ2n) is 9.42. The zero-order chi connectivity index (χ0) is 24.5. The molecule has 1 fully saturated rings. The first-order chi connectivity index (χ1) is 16.1. The highest BCUT2D eigenvalue weighted by Gasteiger charge is 2.32. The number of likely N-dealkylation sites (tertiary alicyclic amines) is 1. The molecule has 0 saturated carbocycles. The minimum absolute atomic E-state index is 0.132. The van der Waals surface area contributed by atoms with Gasteiger partial charge < -0.3 is 24.2 Å². The zero-order valence-corrected chi connectivity index (χ0v) is 21.1. The quantitative estimate of drug-likeness (QED) is 0.479. The third-order valence-electron chi connectivity index (χ3n) is 5.65. The molecule has 0 radical (unpaired) electrons. The number of hydrogen-bond donors (Lipinski definition) is 0. The van der Waals surface area contributed by atoms with Crippen LogP contribution in [0.15, 0.2) is 35.6 Å². The molecular formula is C24H31N5O4S. The van der Waals surface area contributed by atoms with Crippen LogP contribution >= 0.6 is 11.8 Å². The molecule has 10 heteroatoms. The van der Waals surface area contributed by atoms with Crippen molar-refractivity contribution >= 4 is 35.3 Å². The van der Waals surface area contributed by atoms with E-state index in [-0.39, 0.29) is 18.1 Å². The van der Waals surface area contributed by atoms with E-state index in [2.05, 4.69) is 9.97 Å². The zero-order valence-electron chi connectivity index (χ0n) is 20.3. The van der Waals surface area contributed by atoms with Crippen molar-refractivity contribution in [1.29, 1.82) is 0 Å². The summed E-state index contributed by atoms with van der Waals surface area (Å²) < 4.78 is 11.6. The summed E-state index contributed by atoms with van der Waals surface area (Å²) in [6.07, 6.45) is 3.79. The molecule has 1 aromatic carbocycles. The van der Waals surface area contributed by atoms with Crippen molar-refractivity contribution in [3.05, 3.63) is 36.0 Å². The minimum atomic E-state index is -0.529. The molecule has 0 N–H and O–H groups in total. The van der Waals surface area contributed by atoms with Gasteiger partial charge in [0.25, 0.3) is 5.91 Å². The van der Waals surface area contributed by atoms with Gasteiger partial charge in [0.15, 0.2) is 5.16 Å². The lowest BCUT2D eigenvalue weighted by molar-refractivity contribution is 0.0275. The van der Waals surface area contributed by atoms with Crippen molar-refractivity contribution in [3.63, 3.8) is 0 Å². The smallest absolute Gasteiger partial charge is 0.410 e. The Morgan fingerprint density at radius 3 is 2.74 bits per heavy atom. The van der Waals surface area contributed by atoms with Gasteiger partial charge in [-0.15, -0.1) is 0 Å². The summed E-state index contributed by atoms with van der Waals surface area (Å²) in [7, 11) is 1.93. The van der Waals surface area contributed by atoms with E-state index in [1.165, 1.54) is 11.8 Å². The van der Waals surface area contributed by atoms with E-state index in [4.69, 9.17) is 9.47 Å². The first kappa shape index (κ1) is 24.1. The Bertz CT molecular complexity index is 1070. The number of fused-ring (bicyclic) bond motifs is 1. The lowest BCUT2D eigenvalue weighted by atomic mass is 10.2. The summed E-state index contributed by atoms with van der Waals surface area (Å²) in [5.41, 5.74) is 0.700. The van der Waals surface area contributed by atoms with Crippen molar-refractivity contribution in [2.45, 2.75) is 44.1 Å². The van der Waals surface area contributed by atoms with Crippen LogP contribution in [0.1, 0.15) is 37.6 Å². The molecule has 2 amide bonds. The van der Waals surface area contributed by atoms with Gasteiger partial charge in [-0.2, -0.15) is 0 Å². The number of rotatable bonds is 4. The Labute approximate surface area is 204 Å². The van der Waals surface area contributed by atoms with E-state index in [0.29, 0.717) is 48.5 Å². The van der Waals surface area contributed by atoms with E-state index in [0.717, 1.165) is 12.1 Å². The maximum absolute atomic E-state index is 13.4. The number of aromatic nitrogens is 2. The Kier molecular flexibility index (Phi) is 6.88. The molecule has 2 aliphatic rings. The van der Waals surface area contributed by atoms with E-state index < -0.39 is 5.60 Å². The van der Waals surface area contributed by atoms with Gasteiger partial charge in [0.1, 0.15) is 28.8 Å². The van der Waals surface area contributed by atoms with Gasteiger partial charge in [0.2, 0.25) is 0 Å². The number of thioether (sulfide) groups is 1. The van der Waals surface area contributed by atoms with Crippen LogP contribution in [0.2, 0.25) is 0 Å². The second-order valence-corrected chi connectivity index (χ2v) is 10.2. The van der Waals surface area contributed by atoms with Crippen LogP contribution in [-0.4, -0.2) is 78.1 Å². The van der Waals surface area contributed by atoms with Gasteiger partial charge in [0, 0.05) is 51.1 Å². The first-order valence-electron chi connectivity index (χ1n) is 11.3. The Morgan fingerprint density at radius 2 is 2.00 bits per heavy atom. The molecule has 182 valence electrons. The third kappa shape index (κ3) is 5.38. The average molecular weight is 486 g/mol. The lowest BCUT2D eigenvalue weighted by Crippen LogP contribution is -2.36. The Morgan fingerprint density at radius 1 is 1.21 bits per heavy atom. The highest BCUT2D eigenvalue weighted by atomic mass is 32.2. The second kappa shape index (κ2) is 9.69. The number of ether oxygens (including phenoxy) is 2. The number of amides is 2. The molecule has 34 heavy (non-hydrogen) atoms. The van der Waals surface area contributed by atoms with E-state index in [1.807, 2.05) is 63.2 Å². The van der Waals surface area contributed by atoms with Crippen molar-refractivity contribution < 1.29 is 19.1 Å². The van der Waals surface area contributed by atoms with Gasteiger partial charge in [-0.25, -0.2) is 14.8 Å². The molecule has 0 spiro atoms. The van der Waals surface area contributed by atoms with E-state index in [9.17, 15) is 9.59 Å². The molecule has 2 aliphatic heterocycles. The Hall–Kier alpha value is -3.01. The van der Waals surface area contributed by atoms with Gasteiger partial charge in [-0.1, -0.05) is 17.8 Å². The number of carbonyl (C=O) groups is 2. The van der Waals surface area contributed by atoms with Crippen molar-refractivity contribution in [3.8, 4) is 5.75 Å². The highest BCUT2D eigenvalue weighted by Crippen LogP contribution is 2.29. The topological polar surface area (TPSA) is 88.1 Å². The van der Waals surface area contributed by atoms with Crippen LogP contribution in [0, 0.1) is 0 Å². The van der Waals surface area contributed by atoms with Crippen molar-refractivity contribution in [2.75, 3.05) is 49.3 Å². The normalized spacial score (nSPS) is 18.6. The summed E-state index contributed by atoms with van der Waals surface area (Å²) in [4.78, 5) is 40.0. The summed E-state index contributed by atoms with van der Waals surface area (Å²) >= 11 is 1.45. The van der Waals surface area contributed by atoms with Gasteiger partial charge >= 0.3 is 6.09 Å². The fourth-order valence-corrected chi connectivity index (χ4v) is 4.32. The maximum atomic E-state index is 13.4. The van der Waals surface area contributed by atoms with Gasteiger partial charge in [-0.05, 0) is 39.2 Å². The fraction of sp³-hybridized carbons (Fsp3) is 0.500. The molecule has 1 saturated heterocycles. The van der Waals surface area contributed by atoms with Crippen LogP contribution < -0.4 is 14.5 Å². The standard InChI is InChI=1S/C24H31N5O4S/c1-24(2,3)33-23(31)28-10-9-18(15-28)32-17-8-6-7-16(13-17)29-12-11-27(4)20-19(21(29)30)14-25-22(26-20)34-5/h6-8,13-14,18H,9-12,15H2,1-5H3. The largest absolute Gasteiger partial charge is 0.488 e. The van der Waals surface area contributed by atoms with E-state index >= 15 is 0 Å². The molecule has 0 bridgehead atoms. The third-order valence-corrected chi connectivity index (χ3v) is 6.22. The molecular weight excluding hydrogens is 454 g/mol. The van der Waals surface area contributed by atoms with Gasteiger partial charge in [-0.3, -0.25) is 4.79 Å².